The first kappa shape index (κ1) is 20.0. The Kier molecular flexibility index (Phi) is 7.39. The maximum absolute atomic E-state index is 4.55. The molecule has 0 amide bonds. The summed E-state index contributed by atoms with van der Waals surface area (Å²) in [6, 6.07) is 8.05. The van der Waals surface area contributed by atoms with Gasteiger partial charge in [0.2, 0.25) is 0 Å². The van der Waals surface area contributed by atoms with Crippen molar-refractivity contribution in [3.8, 4) is 0 Å². The van der Waals surface area contributed by atoms with E-state index in [1.54, 1.807) is 0 Å². The highest BCUT2D eigenvalue weighted by molar-refractivity contribution is 5.80. The summed E-state index contributed by atoms with van der Waals surface area (Å²) in [5.41, 5.74) is 4.22. The van der Waals surface area contributed by atoms with Crippen LogP contribution in [0, 0.1) is 6.92 Å². The Morgan fingerprint density at radius 1 is 1.26 bits per heavy atom. The molecule has 3 rings (SSSR count). The third-order valence-electron chi connectivity index (χ3n) is 5.75. The molecule has 27 heavy (non-hydrogen) atoms. The summed E-state index contributed by atoms with van der Waals surface area (Å²) in [7, 11) is 0. The topological polar surface area (TPSA) is 51.7 Å². The molecular weight excluding hydrogens is 334 g/mol. The summed E-state index contributed by atoms with van der Waals surface area (Å²) in [6.45, 7) is 12.0. The first-order chi connectivity index (χ1) is 13.2. The predicted molar refractivity (Wildman–Crippen MR) is 116 cm³/mol. The number of benzene rings is 1. The lowest BCUT2D eigenvalue weighted by molar-refractivity contribution is 0.458. The SMILES string of the molecule is CCCNC(CC)c1ccc(N2CCC(NC3=NCCCN3)CC2)c(C)c1. The third-order valence-corrected chi connectivity index (χ3v) is 5.75. The molecule has 1 aromatic rings. The van der Waals surface area contributed by atoms with E-state index in [4.69, 9.17) is 0 Å². The van der Waals surface area contributed by atoms with Gasteiger partial charge in [-0.3, -0.25) is 4.99 Å². The average Bonchev–Trinajstić information content (AvgIpc) is 2.70. The van der Waals surface area contributed by atoms with Crippen molar-refractivity contribution in [3.05, 3.63) is 29.3 Å². The number of nitrogens with one attached hydrogen (secondary N) is 3. The standard InChI is InChI=1S/C22H37N5/c1-4-11-23-20(5-2)18-7-8-21(17(3)16-18)27-14-9-19(10-15-27)26-22-24-12-6-13-25-22/h7-8,16,19-20,23H,4-6,9-15H2,1-3H3,(H2,24,25,26). The van der Waals surface area contributed by atoms with E-state index in [0.717, 1.165) is 64.4 Å². The molecule has 1 unspecified atom stereocenters. The molecule has 0 saturated carbocycles. The maximum Gasteiger partial charge on any atom is 0.191 e. The molecule has 5 heteroatoms. The van der Waals surface area contributed by atoms with E-state index in [0.29, 0.717) is 12.1 Å². The highest BCUT2D eigenvalue weighted by Crippen LogP contribution is 2.28. The Labute approximate surface area is 165 Å². The normalized spacial score (nSPS) is 19.4. The summed E-state index contributed by atoms with van der Waals surface area (Å²) in [6.07, 6.45) is 5.78. The van der Waals surface area contributed by atoms with Crippen molar-refractivity contribution in [2.75, 3.05) is 37.6 Å². The van der Waals surface area contributed by atoms with Crippen molar-refractivity contribution in [2.24, 2.45) is 4.99 Å². The molecule has 2 heterocycles. The second-order valence-corrected chi connectivity index (χ2v) is 7.88. The lowest BCUT2D eigenvalue weighted by atomic mass is 9.98. The average molecular weight is 372 g/mol. The molecule has 1 saturated heterocycles. The van der Waals surface area contributed by atoms with Crippen LogP contribution < -0.4 is 20.9 Å². The summed E-state index contributed by atoms with van der Waals surface area (Å²) in [5.74, 6) is 1.01. The smallest absolute Gasteiger partial charge is 0.191 e. The van der Waals surface area contributed by atoms with Gasteiger partial charge in [-0.1, -0.05) is 26.0 Å². The molecule has 1 fully saturated rings. The number of hydrogen-bond acceptors (Lipinski definition) is 5. The summed E-state index contributed by atoms with van der Waals surface area (Å²) >= 11 is 0. The van der Waals surface area contributed by atoms with Gasteiger partial charge in [0.25, 0.3) is 0 Å². The molecule has 1 atom stereocenters. The van der Waals surface area contributed by atoms with Crippen LogP contribution in [0.2, 0.25) is 0 Å². The lowest BCUT2D eigenvalue weighted by Crippen LogP contribution is -2.50. The molecule has 5 nitrogen and oxygen atoms in total. The Morgan fingerprint density at radius 2 is 2.07 bits per heavy atom. The maximum atomic E-state index is 4.55. The lowest BCUT2D eigenvalue weighted by Gasteiger charge is -2.36. The van der Waals surface area contributed by atoms with Crippen LogP contribution in [0.4, 0.5) is 5.69 Å². The van der Waals surface area contributed by atoms with E-state index in [-0.39, 0.29) is 0 Å². The van der Waals surface area contributed by atoms with E-state index in [9.17, 15) is 0 Å². The van der Waals surface area contributed by atoms with Gasteiger partial charge in [0, 0.05) is 44.0 Å². The van der Waals surface area contributed by atoms with Crippen molar-refractivity contribution in [2.45, 2.75) is 65.0 Å². The van der Waals surface area contributed by atoms with Crippen LogP contribution in [-0.2, 0) is 0 Å². The van der Waals surface area contributed by atoms with Gasteiger partial charge in [0.15, 0.2) is 5.96 Å². The van der Waals surface area contributed by atoms with Gasteiger partial charge in [-0.25, -0.2) is 0 Å². The summed E-state index contributed by atoms with van der Waals surface area (Å²) in [5, 5.41) is 10.6. The van der Waals surface area contributed by atoms with Crippen molar-refractivity contribution in [1.82, 2.24) is 16.0 Å². The van der Waals surface area contributed by atoms with Gasteiger partial charge in [0.05, 0.1) is 0 Å². The molecule has 1 aromatic carbocycles. The van der Waals surface area contributed by atoms with E-state index in [1.165, 1.54) is 23.2 Å². The number of aryl methyl sites for hydroxylation is 1. The van der Waals surface area contributed by atoms with E-state index in [1.807, 2.05) is 0 Å². The predicted octanol–water partition coefficient (Wildman–Crippen LogP) is 3.35. The minimum Gasteiger partial charge on any atom is -0.371 e. The molecular formula is C22H37N5. The van der Waals surface area contributed by atoms with E-state index in [2.05, 4.69) is 64.8 Å². The second kappa shape index (κ2) is 9.98. The highest BCUT2D eigenvalue weighted by atomic mass is 15.2. The largest absolute Gasteiger partial charge is 0.371 e. The fraction of sp³-hybridized carbons (Fsp3) is 0.682. The van der Waals surface area contributed by atoms with Crippen LogP contribution in [0.3, 0.4) is 0 Å². The highest BCUT2D eigenvalue weighted by Gasteiger charge is 2.22. The number of aliphatic imine (C=N–C) groups is 1. The minimum atomic E-state index is 0.469. The van der Waals surface area contributed by atoms with Crippen LogP contribution in [-0.4, -0.2) is 44.7 Å². The Bertz CT molecular complexity index is 619. The Hall–Kier alpha value is -1.75. The molecule has 2 aliphatic rings. The number of rotatable bonds is 7. The fourth-order valence-corrected chi connectivity index (χ4v) is 4.15. The zero-order valence-corrected chi connectivity index (χ0v) is 17.4. The summed E-state index contributed by atoms with van der Waals surface area (Å²) < 4.78 is 0. The van der Waals surface area contributed by atoms with Crippen molar-refractivity contribution >= 4 is 11.6 Å². The Balaban J connectivity index is 1.56. The number of guanidine groups is 1. The zero-order chi connectivity index (χ0) is 19.1. The van der Waals surface area contributed by atoms with Gasteiger partial charge in [-0.2, -0.15) is 0 Å². The van der Waals surface area contributed by atoms with Gasteiger partial charge in [-0.15, -0.1) is 0 Å². The number of nitrogens with zero attached hydrogens (tertiary/aromatic N) is 2. The minimum absolute atomic E-state index is 0.469. The number of piperidine rings is 1. The summed E-state index contributed by atoms with van der Waals surface area (Å²) in [4.78, 5) is 7.09. The van der Waals surface area contributed by atoms with Crippen molar-refractivity contribution in [3.63, 3.8) is 0 Å². The van der Waals surface area contributed by atoms with E-state index >= 15 is 0 Å². The van der Waals surface area contributed by atoms with Crippen molar-refractivity contribution < 1.29 is 0 Å². The Morgan fingerprint density at radius 3 is 2.70 bits per heavy atom. The van der Waals surface area contributed by atoms with Gasteiger partial charge in [-0.05, 0) is 62.8 Å². The molecule has 0 aliphatic carbocycles. The molecule has 150 valence electrons. The van der Waals surface area contributed by atoms with Crippen molar-refractivity contribution in [1.29, 1.82) is 0 Å². The van der Waals surface area contributed by atoms with Gasteiger partial charge in [0.1, 0.15) is 0 Å². The van der Waals surface area contributed by atoms with Gasteiger partial charge < -0.3 is 20.9 Å². The fourth-order valence-electron chi connectivity index (χ4n) is 4.15. The molecule has 0 spiro atoms. The van der Waals surface area contributed by atoms with Gasteiger partial charge >= 0.3 is 0 Å². The number of anilines is 1. The van der Waals surface area contributed by atoms with Crippen LogP contribution >= 0.6 is 0 Å². The third kappa shape index (κ3) is 5.38. The molecule has 2 aliphatic heterocycles. The zero-order valence-electron chi connectivity index (χ0n) is 17.4. The first-order valence-corrected chi connectivity index (χ1v) is 10.8. The monoisotopic (exact) mass is 371 g/mol. The molecule has 0 bridgehead atoms. The first-order valence-electron chi connectivity index (χ1n) is 10.8. The molecule has 3 N–H and O–H groups in total. The number of hydrogen-bond donors (Lipinski definition) is 3. The van der Waals surface area contributed by atoms with Crippen LogP contribution in [0.5, 0.6) is 0 Å². The second-order valence-electron chi connectivity index (χ2n) is 7.88. The van der Waals surface area contributed by atoms with E-state index < -0.39 is 0 Å². The molecule has 0 aromatic heterocycles. The quantitative estimate of drug-likeness (QED) is 0.688. The molecule has 0 radical (unpaired) electrons. The van der Waals surface area contributed by atoms with Crippen LogP contribution in [0.1, 0.15) is 63.1 Å². The van der Waals surface area contributed by atoms with Crippen LogP contribution in [0.15, 0.2) is 23.2 Å². The van der Waals surface area contributed by atoms with Crippen LogP contribution in [0.25, 0.3) is 0 Å².